The normalized spacial score (nSPS) is 9.38. The van der Waals surface area contributed by atoms with E-state index in [2.05, 4.69) is 9.47 Å². The van der Waals surface area contributed by atoms with E-state index in [1.165, 1.54) is 0 Å². The van der Waals surface area contributed by atoms with Crippen molar-refractivity contribution < 1.29 is 19.1 Å². The van der Waals surface area contributed by atoms with Gasteiger partial charge in [0.15, 0.2) is 0 Å². The van der Waals surface area contributed by atoms with Crippen molar-refractivity contribution in [2.75, 3.05) is 13.2 Å². The largest absolute Gasteiger partial charge is 0.516 e. The summed E-state index contributed by atoms with van der Waals surface area (Å²) in [5.41, 5.74) is 4.91. The standard InChI is InChI=1S/C8H15NO4/c1-2-3-4-5-12-8(11)13-7(10)6-9/h2-6,9H2,1H3. The fourth-order valence-corrected chi connectivity index (χ4v) is 0.672. The number of ether oxygens (including phenoxy) is 2. The van der Waals surface area contributed by atoms with Crippen molar-refractivity contribution >= 4 is 12.1 Å². The van der Waals surface area contributed by atoms with Crippen LogP contribution < -0.4 is 5.73 Å². The van der Waals surface area contributed by atoms with Gasteiger partial charge in [-0.2, -0.15) is 0 Å². The topological polar surface area (TPSA) is 78.6 Å². The van der Waals surface area contributed by atoms with Crippen molar-refractivity contribution in [3.63, 3.8) is 0 Å². The lowest BCUT2D eigenvalue weighted by Gasteiger charge is -2.02. The van der Waals surface area contributed by atoms with Gasteiger partial charge in [0.25, 0.3) is 0 Å². The van der Waals surface area contributed by atoms with Gasteiger partial charge in [-0.1, -0.05) is 19.8 Å². The Kier molecular flexibility index (Phi) is 6.91. The molecule has 0 atom stereocenters. The average Bonchev–Trinajstić information content (AvgIpc) is 2.12. The molecule has 13 heavy (non-hydrogen) atoms. The summed E-state index contributed by atoms with van der Waals surface area (Å²) in [5.74, 6) is -0.777. The van der Waals surface area contributed by atoms with Gasteiger partial charge in [-0.05, 0) is 6.42 Å². The fourth-order valence-electron chi connectivity index (χ4n) is 0.672. The van der Waals surface area contributed by atoms with Crippen molar-refractivity contribution in [2.45, 2.75) is 26.2 Å². The van der Waals surface area contributed by atoms with Crippen LogP contribution in [0.1, 0.15) is 26.2 Å². The summed E-state index contributed by atoms with van der Waals surface area (Å²) in [7, 11) is 0. The molecule has 0 saturated heterocycles. The van der Waals surface area contributed by atoms with Crippen LogP contribution in [0.3, 0.4) is 0 Å². The quantitative estimate of drug-likeness (QED) is 0.393. The van der Waals surface area contributed by atoms with Gasteiger partial charge in [0.05, 0.1) is 13.2 Å². The van der Waals surface area contributed by atoms with Gasteiger partial charge >= 0.3 is 12.1 Å². The number of esters is 1. The van der Waals surface area contributed by atoms with Gasteiger partial charge in [0.1, 0.15) is 0 Å². The molecule has 0 spiro atoms. The molecule has 0 aromatic carbocycles. The molecule has 0 aromatic heterocycles. The molecule has 0 bridgehead atoms. The van der Waals surface area contributed by atoms with Gasteiger partial charge in [-0.25, -0.2) is 4.79 Å². The molecule has 5 nitrogen and oxygen atoms in total. The van der Waals surface area contributed by atoms with Gasteiger partial charge in [-0.3, -0.25) is 4.79 Å². The molecule has 0 heterocycles. The van der Waals surface area contributed by atoms with Crippen LogP contribution in [-0.4, -0.2) is 25.3 Å². The van der Waals surface area contributed by atoms with E-state index in [0.717, 1.165) is 19.3 Å². The summed E-state index contributed by atoms with van der Waals surface area (Å²) in [4.78, 5) is 21.1. The first kappa shape index (κ1) is 11.9. The van der Waals surface area contributed by atoms with Crippen LogP contribution in [0.5, 0.6) is 0 Å². The van der Waals surface area contributed by atoms with E-state index < -0.39 is 12.1 Å². The Morgan fingerprint density at radius 1 is 1.31 bits per heavy atom. The fraction of sp³-hybridized carbons (Fsp3) is 0.750. The maximum atomic E-state index is 10.7. The van der Waals surface area contributed by atoms with Crippen LogP contribution in [0, 0.1) is 0 Å². The maximum absolute atomic E-state index is 10.7. The minimum absolute atomic E-state index is 0.282. The molecule has 0 rings (SSSR count). The van der Waals surface area contributed by atoms with E-state index in [1.807, 2.05) is 6.92 Å². The van der Waals surface area contributed by atoms with Gasteiger partial charge in [0.2, 0.25) is 0 Å². The predicted octanol–water partition coefficient (Wildman–Crippen LogP) is 0.815. The molecule has 0 aromatic rings. The molecule has 0 unspecified atom stereocenters. The van der Waals surface area contributed by atoms with Crippen LogP contribution in [-0.2, 0) is 14.3 Å². The molecule has 0 saturated carbocycles. The maximum Gasteiger partial charge on any atom is 0.516 e. The lowest BCUT2D eigenvalue weighted by molar-refractivity contribution is -0.138. The third-order valence-corrected chi connectivity index (χ3v) is 1.33. The zero-order valence-corrected chi connectivity index (χ0v) is 7.75. The summed E-state index contributed by atoms with van der Waals surface area (Å²) in [5, 5.41) is 0. The molecule has 0 fully saturated rings. The summed E-state index contributed by atoms with van der Waals surface area (Å²) in [6.07, 6.45) is 1.84. The van der Waals surface area contributed by atoms with Gasteiger partial charge in [0, 0.05) is 0 Å². The highest BCUT2D eigenvalue weighted by atomic mass is 16.7. The van der Waals surface area contributed by atoms with E-state index in [-0.39, 0.29) is 13.2 Å². The highest BCUT2D eigenvalue weighted by molar-refractivity contribution is 5.82. The predicted molar refractivity (Wildman–Crippen MR) is 46.0 cm³/mol. The second-order valence-electron chi connectivity index (χ2n) is 2.48. The Labute approximate surface area is 77.2 Å². The number of hydrogen-bond donors (Lipinski definition) is 1. The zero-order valence-electron chi connectivity index (χ0n) is 7.75. The van der Waals surface area contributed by atoms with E-state index in [1.54, 1.807) is 0 Å². The smallest absolute Gasteiger partial charge is 0.434 e. The van der Waals surface area contributed by atoms with E-state index in [9.17, 15) is 9.59 Å². The monoisotopic (exact) mass is 189 g/mol. The molecule has 0 aliphatic heterocycles. The molecular weight excluding hydrogens is 174 g/mol. The molecule has 0 amide bonds. The van der Waals surface area contributed by atoms with Crippen molar-refractivity contribution in [1.82, 2.24) is 0 Å². The number of rotatable bonds is 5. The highest BCUT2D eigenvalue weighted by Crippen LogP contribution is 1.95. The summed E-state index contributed by atoms with van der Waals surface area (Å²) in [6, 6.07) is 0. The molecule has 0 aliphatic carbocycles. The number of carbonyl (C=O) groups is 2. The first-order chi connectivity index (χ1) is 6.20. The van der Waals surface area contributed by atoms with Crippen molar-refractivity contribution in [2.24, 2.45) is 5.73 Å². The number of unbranched alkanes of at least 4 members (excludes halogenated alkanes) is 2. The zero-order chi connectivity index (χ0) is 10.1. The van der Waals surface area contributed by atoms with E-state index in [0.29, 0.717) is 0 Å². The number of nitrogens with two attached hydrogens (primary N) is 1. The Bertz CT molecular complexity index is 170. The molecule has 76 valence electrons. The Balaban J connectivity index is 3.35. The second-order valence-corrected chi connectivity index (χ2v) is 2.48. The van der Waals surface area contributed by atoms with E-state index in [4.69, 9.17) is 5.73 Å². The molecule has 0 radical (unpaired) electrons. The van der Waals surface area contributed by atoms with Crippen LogP contribution >= 0.6 is 0 Å². The van der Waals surface area contributed by atoms with Crippen LogP contribution in [0.2, 0.25) is 0 Å². The van der Waals surface area contributed by atoms with Crippen molar-refractivity contribution in [3.8, 4) is 0 Å². The number of carbonyl (C=O) groups excluding carboxylic acids is 2. The minimum atomic E-state index is -0.966. The lowest BCUT2D eigenvalue weighted by Crippen LogP contribution is -2.21. The average molecular weight is 189 g/mol. The molecule has 5 heteroatoms. The Morgan fingerprint density at radius 2 is 2.00 bits per heavy atom. The molecule has 0 aliphatic rings. The van der Waals surface area contributed by atoms with Gasteiger partial charge in [-0.15, -0.1) is 0 Å². The van der Waals surface area contributed by atoms with Crippen LogP contribution in [0.4, 0.5) is 4.79 Å². The first-order valence-corrected chi connectivity index (χ1v) is 4.28. The lowest BCUT2D eigenvalue weighted by atomic mass is 10.3. The third kappa shape index (κ3) is 7.27. The van der Waals surface area contributed by atoms with Crippen LogP contribution in [0.15, 0.2) is 0 Å². The summed E-state index contributed by atoms with van der Waals surface area (Å²) < 4.78 is 8.73. The first-order valence-electron chi connectivity index (χ1n) is 4.28. The van der Waals surface area contributed by atoms with E-state index >= 15 is 0 Å². The van der Waals surface area contributed by atoms with Gasteiger partial charge < -0.3 is 15.2 Å². The Hall–Kier alpha value is -1.10. The highest BCUT2D eigenvalue weighted by Gasteiger charge is 2.08. The van der Waals surface area contributed by atoms with Crippen molar-refractivity contribution in [3.05, 3.63) is 0 Å². The van der Waals surface area contributed by atoms with Crippen molar-refractivity contribution in [1.29, 1.82) is 0 Å². The SMILES string of the molecule is CCCCCOC(=O)OC(=O)CN. The molecular formula is C8H15NO4. The minimum Gasteiger partial charge on any atom is -0.434 e. The molecule has 2 N–H and O–H groups in total. The second kappa shape index (κ2) is 7.54. The third-order valence-electron chi connectivity index (χ3n) is 1.33. The number of hydrogen-bond acceptors (Lipinski definition) is 5. The van der Waals surface area contributed by atoms with Crippen LogP contribution in [0.25, 0.3) is 0 Å². The summed E-state index contributed by atoms with van der Waals surface area (Å²) in [6.45, 7) is 2.00. The Morgan fingerprint density at radius 3 is 2.54 bits per heavy atom. The summed E-state index contributed by atoms with van der Waals surface area (Å²) >= 11 is 0.